The third kappa shape index (κ3) is 3.84. The van der Waals surface area contributed by atoms with Crippen molar-refractivity contribution < 1.29 is 0 Å². The molecule has 2 aromatic rings. The van der Waals surface area contributed by atoms with Crippen molar-refractivity contribution in [3.63, 3.8) is 0 Å². The topological polar surface area (TPSA) is 6.48 Å². The van der Waals surface area contributed by atoms with Crippen LogP contribution in [0.1, 0.15) is 77.0 Å². The second-order valence-corrected chi connectivity index (χ2v) is 10.3. The molecule has 2 fully saturated rings. The number of benzene rings is 2. The summed E-state index contributed by atoms with van der Waals surface area (Å²) in [5.41, 5.74) is 4.42. The zero-order chi connectivity index (χ0) is 20.6. The van der Waals surface area contributed by atoms with Gasteiger partial charge in [-0.3, -0.25) is 4.90 Å². The molecular weight excluding hydrogens is 352 g/mol. The molecule has 2 aliphatic rings. The van der Waals surface area contributed by atoms with Crippen LogP contribution < -0.4 is 4.90 Å². The molecule has 4 rings (SSSR count). The van der Waals surface area contributed by atoms with Crippen molar-refractivity contribution in [3.8, 4) is 0 Å². The second kappa shape index (κ2) is 8.14. The second-order valence-electron chi connectivity index (χ2n) is 10.3. The van der Waals surface area contributed by atoms with Gasteiger partial charge in [-0.05, 0) is 49.3 Å². The van der Waals surface area contributed by atoms with Crippen molar-refractivity contribution in [3.05, 3.63) is 65.7 Å². The highest BCUT2D eigenvalue weighted by Gasteiger charge is 2.52. The Balaban J connectivity index is 1.86. The molecule has 2 heteroatoms. The van der Waals surface area contributed by atoms with Crippen molar-refractivity contribution in [2.24, 2.45) is 5.41 Å². The first-order valence-corrected chi connectivity index (χ1v) is 11.6. The molecule has 1 saturated carbocycles. The first-order chi connectivity index (χ1) is 13.9. The van der Waals surface area contributed by atoms with Gasteiger partial charge < -0.3 is 4.90 Å². The third-order valence-corrected chi connectivity index (χ3v) is 7.07. The predicted molar refractivity (Wildman–Crippen MR) is 124 cm³/mol. The fourth-order valence-electron chi connectivity index (χ4n) is 5.90. The maximum atomic E-state index is 2.92. The average molecular weight is 391 g/mol. The Morgan fingerprint density at radius 1 is 0.828 bits per heavy atom. The van der Waals surface area contributed by atoms with Crippen LogP contribution in [0, 0.1) is 12.3 Å². The van der Waals surface area contributed by atoms with Crippen LogP contribution in [0.5, 0.6) is 0 Å². The number of hydrogen-bond acceptors (Lipinski definition) is 2. The number of nitrogens with zero attached hydrogens (tertiary/aromatic N) is 2. The van der Waals surface area contributed by atoms with Gasteiger partial charge in [0.25, 0.3) is 0 Å². The van der Waals surface area contributed by atoms with Gasteiger partial charge in [0.15, 0.2) is 0 Å². The van der Waals surface area contributed by atoms with Crippen LogP contribution in [0.15, 0.2) is 54.6 Å². The predicted octanol–water partition coefficient (Wildman–Crippen LogP) is 6.95. The molecule has 2 aromatic carbocycles. The van der Waals surface area contributed by atoms with Crippen LogP contribution in [0.3, 0.4) is 0 Å². The minimum absolute atomic E-state index is 0.164. The molecule has 1 saturated heterocycles. The third-order valence-electron chi connectivity index (χ3n) is 7.07. The molecular formula is C27H38N2. The minimum atomic E-state index is 0.164. The van der Waals surface area contributed by atoms with Gasteiger partial charge in [0.05, 0.1) is 12.2 Å². The average Bonchev–Trinajstić information content (AvgIpc) is 3.03. The van der Waals surface area contributed by atoms with E-state index in [1.54, 1.807) is 0 Å². The van der Waals surface area contributed by atoms with Crippen LogP contribution >= 0.6 is 0 Å². The number of anilines is 1. The maximum absolute atomic E-state index is 2.92. The lowest BCUT2D eigenvalue weighted by Gasteiger charge is -2.46. The standard InChI is InChI=1S/C27H38N2/c1-20-14-12-13-19-24(20)28-21(2)25(22-15-8-6-9-16-22)29(26(28)27(3,4)5)23-17-10-7-11-18-23/h6,8-9,12-16,19,21,23,25-26H,7,10-11,17-18H2,1-5H3/t21-,25?,26?/m0/s1. The quantitative estimate of drug-likeness (QED) is 0.559. The van der Waals surface area contributed by atoms with Crippen LogP contribution in [-0.2, 0) is 0 Å². The fraction of sp³-hybridized carbons (Fsp3) is 0.556. The highest BCUT2D eigenvalue weighted by Crippen LogP contribution is 2.49. The molecule has 3 atom stereocenters. The molecule has 0 N–H and O–H groups in total. The summed E-state index contributed by atoms with van der Waals surface area (Å²) < 4.78 is 0. The van der Waals surface area contributed by atoms with Crippen LogP contribution in [0.4, 0.5) is 5.69 Å². The lowest BCUT2D eigenvalue weighted by atomic mass is 9.86. The van der Waals surface area contributed by atoms with Gasteiger partial charge in [-0.2, -0.15) is 0 Å². The zero-order valence-corrected chi connectivity index (χ0v) is 18.9. The lowest BCUT2D eigenvalue weighted by Crippen LogP contribution is -2.53. The lowest BCUT2D eigenvalue weighted by molar-refractivity contribution is 0.0447. The smallest absolute Gasteiger partial charge is 0.0881 e. The highest BCUT2D eigenvalue weighted by atomic mass is 15.5. The summed E-state index contributed by atoms with van der Waals surface area (Å²) in [5.74, 6) is 0. The number of para-hydroxylation sites is 1. The molecule has 0 radical (unpaired) electrons. The van der Waals surface area contributed by atoms with E-state index < -0.39 is 0 Å². The van der Waals surface area contributed by atoms with E-state index in [9.17, 15) is 0 Å². The number of aryl methyl sites for hydroxylation is 1. The number of rotatable bonds is 3. The number of hydrogen-bond donors (Lipinski definition) is 0. The van der Waals surface area contributed by atoms with E-state index in [1.807, 2.05) is 0 Å². The molecule has 2 nitrogen and oxygen atoms in total. The van der Waals surface area contributed by atoms with Crippen molar-refractivity contribution in [2.75, 3.05) is 4.90 Å². The molecule has 1 heterocycles. The zero-order valence-electron chi connectivity index (χ0n) is 18.9. The normalized spacial score (nSPS) is 26.8. The van der Waals surface area contributed by atoms with Gasteiger partial charge >= 0.3 is 0 Å². The van der Waals surface area contributed by atoms with Crippen molar-refractivity contribution >= 4 is 5.69 Å². The van der Waals surface area contributed by atoms with Gasteiger partial charge in [-0.15, -0.1) is 0 Å². The highest BCUT2D eigenvalue weighted by molar-refractivity contribution is 5.57. The summed E-state index contributed by atoms with van der Waals surface area (Å²) in [5, 5.41) is 0. The Bertz CT molecular complexity index is 801. The Hall–Kier alpha value is -1.80. The Labute approximate surface area is 177 Å². The fourth-order valence-corrected chi connectivity index (χ4v) is 5.90. The van der Waals surface area contributed by atoms with Gasteiger partial charge in [0, 0.05) is 17.8 Å². The van der Waals surface area contributed by atoms with Gasteiger partial charge in [0.1, 0.15) is 0 Å². The van der Waals surface area contributed by atoms with Gasteiger partial charge in [0.2, 0.25) is 0 Å². The van der Waals surface area contributed by atoms with E-state index in [1.165, 1.54) is 48.9 Å². The monoisotopic (exact) mass is 390 g/mol. The molecule has 29 heavy (non-hydrogen) atoms. The van der Waals surface area contributed by atoms with Crippen LogP contribution in [0.25, 0.3) is 0 Å². The molecule has 1 aliphatic heterocycles. The van der Waals surface area contributed by atoms with Crippen molar-refractivity contribution in [2.45, 2.75) is 91.0 Å². The Kier molecular flexibility index (Phi) is 5.75. The summed E-state index contributed by atoms with van der Waals surface area (Å²) >= 11 is 0. The summed E-state index contributed by atoms with van der Waals surface area (Å²) in [7, 11) is 0. The van der Waals surface area contributed by atoms with Crippen LogP contribution in [0.2, 0.25) is 0 Å². The summed E-state index contributed by atoms with van der Waals surface area (Å²) in [4.78, 5) is 5.67. The summed E-state index contributed by atoms with van der Waals surface area (Å²) in [6, 6.07) is 21.8. The minimum Gasteiger partial charge on any atom is -0.350 e. The molecule has 1 aliphatic carbocycles. The molecule has 0 amide bonds. The van der Waals surface area contributed by atoms with E-state index in [4.69, 9.17) is 0 Å². The van der Waals surface area contributed by atoms with E-state index >= 15 is 0 Å². The molecule has 0 spiro atoms. The molecule has 0 aromatic heterocycles. The molecule has 156 valence electrons. The van der Waals surface area contributed by atoms with Gasteiger partial charge in [-0.25, -0.2) is 0 Å². The molecule has 2 unspecified atom stereocenters. The summed E-state index contributed by atoms with van der Waals surface area (Å²) in [6.07, 6.45) is 7.22. The first kappa shape index (κ1) is 20.5. The summed E-state index contributed by atoms with van der Waals surface area (Å²) in [6.45, 7) is 12.0. The van der Waals surface area contributed by atoms with Crippen molar-refractivity contribution in [1.82, 2.24) is 4.90 Å². The Morgan fingerprint density at radius 3 is 2.07 bits per heavy atom. The van der Waals surface area contributed by atoms with Crippen molar-refractivity contribution in [1.29, 1.82) is 0 Å². The molecule has 0 bridgehead atoms. The SMILES string of the molecule is Cc1ccccc1N1C(C(C)(C)C)N(C2CCCCC2)C(c2ccccc2)[C@@H]1C. The maximum Gasteiger partial charge on any atom is 0.0881 e. The van der Waals surface area contributed by atoms with Gasteiger partial charge in [-0.1, -0.05) is 88.6 Å². The Morgan fingerprint density at radius 2 is 1.45 bits per heavy atom. The van der Waals surface area contributed by atoms with E-state index in [2.05, 4.69) is 99.0 Å². The van der Waals surface area contributed by atoms with E-state index in [0.29, 0.717) is 24.3 Å². The van der Waals surface area contributed by atoms with Crippen LogP contribution in [-0.4, -0.2) is 23.1 Å². The van der Waals surface area contributed by atoms with E-state index in [-0.39, 0.29) is 5.41 Å². The first-order valence-electron chi connectivity index (χ1n) is 11.6. The largest absolute Gasteiger partial charge is 0.350 e. The van der Waals surface area contributed by atoms with E-state index in [0.717, 1.165) is 0 Å².